The summed E-state index contributed by atoms with van der Waals surface area (Å²) in [5.41, 5.74) is 1.58. The van der Waals surface area contributed by atoms with Crippen molar-refractivity contribution < 1.29 is 19.2 Å². The quantitative estimate of drug-likeness (QED) is 0.334. The Balaban J connectivity index is 1.23. The number of carbonyl (C=O) groups is 2. The van der Waals surface area contributed by atoms with Crippen molar-refractivity contribution in [3.63, 3.8) is 0 Å². The first-order chi connectivity index (χ1) is 17.9. The highest BCUT2D eigenvalue weighted by Crippen LogP contribution is 2.30. The van der Waals surface area contributed by atoms with Crippen molar-refractivity contribution in [2.75, 3.05) is 13.1 Å². The third-order valence-corrected chi connectivity index (χ3v) is 6.91. The summed E-state index contributed by atoms with van der Waals surface area (Å²) in [6.07, 6.45) is 3.70. The monoisotopic (exact) mass is 518 g/mol. The molecule has 3 aliphatic rings. The second-order valence-corrected chi connectivity index (χ2v) is 9.60. The molecule has 12 heteroatoms. The van der Waals surface area contributed by atoms with E-state index in [-0.39, 0.29) is 41.2 Å². The highest BCUT2D eigenvalue weighted by molar-refractivity contribution is 8.27. The van der Waals surface area contributed by atoms with E-state index in [0.29, 0.717) is 16.4 Å². The molecule has 5 rings (SSSR count). The van der Waals surface area contributed by atoms with Crippen LogP contribution in [0.1, 0.15) is 30.4 Å². The number of benzene rings is 2. The molecule has 2 aromatic carbocycles. The SMILES string of the molecule is N=C1/C(=C/c2ccc(OCc3ccc([N+](=O)[O-])cc3)cc2)C(=O)N=C2SC(CC(=O)N3CCCC3)=NN12. The van der Waals surface area contributed by atoms with Crippen LogP contribution in [0.4, 0.5) is 5.69 Å². The fourth-order valence-electron chi connectivity index (χ4n) is 4.02. The standard InChI is InChI=1S/C25H22N6O5S/c26-23-20(24(33)27-25-30(23)28-21(37-25)14-22(32)29-11-1-2-12-29)13-16-5-9-19(10-6-16)36-15-17-3-7-18(8-4-17)31(34)35/h3-10,13,26H,1-2,11-12,14-15H2/b20-13-,26-23?. The average Bonchev–Trinajstić information content (AvgIpc) is 3.57. The minimum absolute atomic E-state index is 0.00583. The molecular formula is C25H22N6O5S. The van der Waals surface area contributed by atoms with E-state index in [4.69, 9.17) is 10.1 Å². The summed E-state index contributed by atoms with van der Waals surface area (Å²) in [7, 11) is 0. The van der Waals surface area contributed by atoms with Crippen molar-refractivity contribution in [1.29, 1.82) is 5.41 Å². The zero-order chi connectivity index (χ0) is 25.9. The van der Waals surface area contributed by atoms with E-state index in [0.717, 1.165) is 43.3 Å². The maximum atomic E-state index is 12.7. The zero-order valence-corrected chi connectivity index (χ0v) is 20.4. The number of nitrogens with zero attached hydrogens (tertiary/aromatic N) is 5. The number of carbonyl (C=O) groups excluding carboxylic acids is 2. The Hall–Kier alpha value is -4.32. The van der Waals surface area contributed by atoms with Crippen molar-refractivity contribution in [1.82, 2.24) is 9.91 Å². The Morgan fingerprint density at radius 1 is 1.14 bits per heavy atom. The van der Waals surface area contributed by atoms with Gasteiger partial charge in [0, 0.05) is 25.2 Å². The van der Waals surface area contributed by atoms with Gasteiger partial charge in [-0.2, -0.15) is 15.1 Å². The van der Waals surface area contributed by atoms with Gasteiger partial charge in [0.05, 0.1) is 16.9 Å². The molecule has 0 radical (unpaired) electrons. The van der Waals surface area contributed by atoms with Gasteiger partial charge in [-0.15, -0.1) is 0 Å². The van der Waals surface area contributed by atoms with Crippen LogP contribution < -0.4 is 4.74 Å². The largest absolute Gasteiger partial charge is 0.489 e. The molecule has 1 saturated heterocycles. The molecule has 3 heterocycles. The van der Waals surface area contributed by atoms with E-state index in [1.54, 1.807) is 42.5 Å². The number of nitro groups is 1. The fraction of sp³-hybridized carbons (Fsp3) is 0.240. The fourth-order valence-corrected chi connectivity index (χ4v) is 4.89. The molecular weight excluding hydrogens is 496 g/mol. The number of non-ortho nitro benzene ring substituents is 1. The Morgan fingerprint density at radius 2 is 1.84 bits per heavy atom. The minimum atomic E-state index is -0.537. The number of amides is 2. The van der Waals surface area contributed by atoms with Gasteiger partial charge in [0.15, 0.2) is 5.84 Å². The minimum Gasteiger partial charge on any atom is -0.489 e. The summed E-state index contributed by atoms with van der Waals surface area (Å²) in [6, 6.07) is 13.1. The third-order valence-electron chi connectivity index (χ3n) is 6.00. The number of likely N-dealkylation sites (tertiary alicyclic amines) is 1. The predicted octanol–water partition coefficient (Wildman–Crippen LogP) is 3.81. The lowest BCUT2D eigenvalue weighted by atomic mass is 10.1. The second kappa shape index (κ2) is 10.3. The Morgan fingerprint density at radius 3 is 2.51 bits per heavy atom. The van der Waals surface area contributed by atoms with Gasteiger partial charge in [-0.3, -0.25) is 25.1 Å². The highest BCUT2D eigenvalue weighted by Gasteiger charge is 2.36. The van der Waals surface area contributed by atoms with Crippen molar-refractivity contribution >= 4 is 51.4 Å². The molecule has 11 nitrogen and oxygen atoms in total. The number of nitro benzene ring substituents is 1. The maximum absolute atomic E-state index is 12.7. The van der Waals surface area contributed by atoms with E-state index >= 15 is 0 Å². The van der Waals surface area contributed by atoms with Crippen LogP contribution in [0.15, 0.2) is 64.2 Å². The summed E-state index contributed by atoms with van der Waals surface area (Å²) < 4.78 is 5.74. The topological polar surface area (TPSA) is 142 Å². The van der Waals surface area contributed by atoms with Crippen LogP contribution in [0.3, 0.4) is 0 Å². The summed E-state index contributed by atoms with van der Waals surface area (Å²) in [5, 5.41) is 25.7. The van der Waals surface area contributed by atoms with Crippen LogP contribution in [-0.4, -0.2) is 55.8 Å². The van der Waals surface area contributed by atoms with Gasteiger partial charge < -0.3 is 9.64 Å². The second-order valence-electron chi connectivity index (χ2n) is 8.56. The van der Waals surface area contributed by atoms with Gasteiger partial charge >= 0.3 is 0 Å². The zero-order valence-electron chi connectivity index (χ0n) is 19.6. The highest BCUT2D eigenvalue weighted by atomic mass is 32.2. The smallest absolute Gasteiger partial charge is 0.283 e. The van der Waals surface area contributed by atoms with E-state index in [1.165, 1.54) is 17.1 Å². The number of hydrazone groups is 1. The number of hydrogen-bond acceptors (Lipinski definition) is 8. The predicted molar refractivity (Wildman–Crippen MR) is 139 cm³/mol. The molecule has 2 aromatic rings. The van der Waals surface area contributed by atoms with Crippen LogP contribution in [0.5, 0.6) is 5.75 Å². The van der Waals surface area contributed by atoms with Gasteiger partial charge in [-0.25, -0.2) is 0 Å². The van der Waals surface area contributed by atoms with Gasteiger partial charge in [-0.1, -0.05) is 12.1 Å². The lowest BCUT2D eigenvalue weighted by molar-refractivity contribution is -0.384. The van der Waals surface area contributed by atoms with Crippen LogP contribution in [0.2, 0.25) is 0 Å². The molecule has 1 N–H and O–H groups in total. The first-order valence-corrected chi connectivity index (χ1v) is 12.4. The van der Waals surface area contributed by atoms with E-state index in [9.17, 15) is 19.7 Å². The number of fused-ring (bicyclic) bond motifs is 1. The molecule has 1 fully saturated rings. The molecule has 2 amide bonds. The van der Waals surface area contributed by atoms with E-state index in [1.807, 2.05) is 4.90 Å². The van der Waals surface area contributed by atoms with E-state index < -0.39 is 10.8 Å². The van der Waals surface area contributed by atoms with Gasteiger partial charge in [0.1, 0.15) is 17.4 Å². The summed E-state index contributed by atoms with van der Waals surface area (Å²) >= 11 is 1.14. The molecule has 3 aliphatic heterocycles. The van der Waals surface area contributed by atoms with Crippen molar-refractivity contribution in [3.8, 4) is 5.75 Å². The molecule has 0 atom stereocenters. The molecule has 188 valence electrons. The lowest BCUT2D eigenvalue weighted by Crippen LogP contribution is -2.35. The lowest BCUT2D eigenvalue weighted by Gasteiger charge is -2.20. The number of rotatable bonds is 7. The average molecular weight is 519 g/mol. The molecule has 0 unspecified atom stereocenters. The maximum Gasteiger partial charge on any atom is 0.283 e. The van der Waals surface area contributed by atoms with Crippen LogP contribution in [0, 0.1) is 15.5 Å². The first kappa shape index (κ1) is 24.4. The molecule has 0 aromatic heterocycles. The summed E-state index contributed by atoms with van der Waals surface area (Å²) in [6.45, 7) is 1.75. The van der Waals surface area contributed by atoms with Gasteiger partial charge in [0.25, 0.3) is 11.6 Å². The van der Waals surface area contributed by atoms with Gasteiger partial charge in [-0.05, 0) is 66.1 Å². The summed E-state index contributed by atoms with van der Waals surface area (Å²) in [5.74, 6) is -0.0541. The van der Waals surface area contributed by atoms with Crippen molar-refractivity contribution in [3.05, 3.63) is 75.3 Å². The van der Waals surface area contributed by atoms with Crippen LogP contribution >= 0.6 is 11.8 Å². The first-order valence-electron chi connectivity index (χ1n) is 11.6. The molecule has 0 aliphatic carbocycles. The number of thioether (sulfide) groups is 1. The number of hydrogen-bond donors (Lipinski definition) is 1. The number of nitrogens with one attached hydrogen (secondary N) is 1. The van der Waals surface area contributed by atoms with Gasteiger partial charge in [0.2, 0.25) is 11.1 Å². The van der Waals surface area contributed by atoms with Crippen LogP contribution in [-0.2, 0) is 16.2 Å². The molecule has 0 saturated carbocycles. The Labute approximate surface area is 216 Å². The van der Waals surface area contributed by atoms with E-state index in [2.05, 4.69) is 10.1 Å². The molecule has 37 heavy (non-hydrogen) atoms. The number of aliphatic imine (C=N–C) groups is 1. The Bertz CT molecular complexity index is 1360. The normalized spacial score (nSPS) is 18.1. The molecule has 0 bridgehead atoms. The Kier molecular flexibility index (Phi) is 6.82. The third kappa shape index (κ3) is 5.43. The summed E-state index contributed by atoms with van der Waals surface area (Å²) in [4.78, 5) is 41.3. The van der Waals surface area contributed by atoms with Crippen LogP contribution in [0.25, 0.3) is 6.08 Å². The van der Waals surface area contributed by atoms with Crippen molar-refractivity contribution in [2.24, 2.45) is 10.1 Å². The number of ether oxygens (including phenoxy) is 1. The number of amidine groups is 2. The van der Waals surface area contributed by atoms with Crippen molar-refractivity contribution in [2.45, 2.75) is 25.9 Å². The molecule has 0 spiro atoms.